The van der Waals surface area contributed by atoms with Crippen LogP contribution in [0.15, 0.2) is 6.20 Å². The minimum atomic E-state index is 0.479. The number of methoxy groups -OCH3 is 1. The second kappa shape index (κ2) is 9.55. The maximum atomic E-state index is 5.27. The molecular formula is C16H30N4O. The highest BCUT2D eigenvalue weighted by atomic mass is 16.5. The Kier molecular flexibility index (Phi) is 8.05. The molecule has 0 saturated carbocycles. The summed E-state index contributed by atoms with van der Waals surface area (Å²) in [5, 5.41) is 3.27. The molecule has 5 heteroatoms. The van der Waals surface area contributed by atoms with Crippen molar-refractivity contribution < 1.29 is 4.74 Å². The van der Waals surface area contributed by atoms with E-state index in [9.17, 15) is 0 Å². The van der Waals surface area contributed by atoms with Gasteiger partial charge in [-0.1, -0.05) is 20.8 Å². The monoisotopic (exact) mass is 294 g/mol. The van der Waals surface area contributed by atoms with Gasteiger partial charge in [-0.25, -0.2) is 4.98 Å². The zero-order chi connectivity index (χ0) is 15.7. The van der Waals surface area contributed by atoms with Crippen molar-refractivity contribution in [3.05, 3.63) is 11.8 Å². The SMILES string of the molecule is CCCNc1ncc(C)c(N(CCOC)C(CC)CC)n1. The molecule has 1 rings (SSSR count). The van der Waals surface area contributed by atoms with Gasteiger partial charge in [0.25, 0.3) is 0 Å². The summed E-state index contributed by atoms with van der Waals surface area (Å²) in [6.45, 7) is 11.1. The fraction of sp³-hybridized carbons (Fsp3) is 0.750. The Morgan fingerprint density at radius 3 is 2.57 bits per heavy atom. The first-order valence-corrected chi connectivity index (χ1v) is 8.00. The maximum absolute atomic E-state index is 5.27. The highest BCUT2D eigenvalue weighted by Crippen LogP contribution is 2.23. The average molecular weight is 294 g/mol. The number of aromatic nitrogens is 2. The Hall–Kier alpha value is -1.36. The zero-order valence-electron chi connectivity index (χ0n) is 14.1. The van der Waals surface area contributed by atoms with Crippen LogP contribution in [-0.4, -0.2) is 42.8 Å². The van der Waals surface area contributed by atoms with E-state index in [0.717, 1.165) is 43.7 Å². The summed E-state index contributed by atoms with van der Waals surface area (Å²) < 4.78 is 5.27. The summed E-state index contributed by atoms with van der Waals surface area (Å²) in [7, 11) is 1.74. The van der Waals surface area contributed by atoms with Crippen molar-refractivity contribution >= 4 is 11.8 Å². The third kappa shape index (κ3) is 5.16. The van der Waals surface area contributed by atoms with Gasteiger partial charge in [0.2, 0.25) is 5.95 Å². The average Bonchev–Trinajstić information content (AvgIpc) is 2.51. The van der Waals surface area contributed by atoms with E-state index in [1.165, 1.54) is 0 Å². The molecule has 0 fully saturated rings. The van der Waals surface area contributed by atoms with Gasteiger partial charge >= 0.3 is 0 Å². The summed E-state index contributed by atoms with van der Waals surface area (Å²) >= 11 is 0. The molecule has 1 aromatic rings. The van der Waals surface area contributed by atoms with Crippen LogP contribution in [-0.2, 0) is 4.74 Å². The summed E-state index contributed by atoms with van der Waals surface area (Å²) in [5.41, 5.74) is 1.11. The van der Waals surface area contributed by atoms with Crippen LogP contribution < -0.4 is 10.2 Å². The van der Waals surface area contributed by atoms with Crippen molar-refractivity contribution in [1.29, 1.82) is 0 Å². The van der Waals surface area contributed by atoms with Crippen molar-refractivity contribution in [3.8, 4) is 0 Å². The van der Waals surface area contributed by atoms with Crippen LogP contribution in [0.3, 0.4) is 0 Å². The first-order chi connectivity index (χ1) is 10.2. The standard InChI is InChI=1S/C16H30N4O/c1-6-9-17-16-18-12-13(4)15(19-16)20(10-11-21-5)14(7-2)8-3/h12,14H,6-11H2,1-5H3,(H,17,18,19). The first-order valence-electron chi connectivity index (χ1n) is 8.00. The van der Waals surface area contributed by atoms with E-state index in [4.69, 9.17) is 9.72 Å². The third-order valence-corrected chi connectivity index (χ3v) is 3.67. The molecule has 0 amide bonds. The van der Waals surface area contributed by atoms with Crippen molar-refractivity contribution in [1.82, 2.24) is 9.97 Å². The molecule has 0 spiro atoms. The van der Waals surface area contributed by atoms with Crippen molar-refractivity contribution in [2.45, 2.75) is 53.0 Å². The van der Waals surface area contributed by atoms with Gasteiger partial charge in [-0.15, -0.1) is 0 Å². The zero-order valence-corrected chi connectivity index (χ0v) is 14.1. The minimum Gasteiger partial charge on any atom is -0.383 e. The van der Waals surface area contributed by atoms with Gasteiger partial charge in [-0.05, 0) is 26.2 Å². The molecule has 0 aliphatic rings. The molecule has 0 bridgehead atoms. The van der Waals surface area contributed by atoms with Crippen LogP contribution in [0.1, 0.15) is 45.6 Å². The lowest BCUT2D eigenvalue weighted by molar-refractivity contribution is 0.202. The Labute approximate surface area is 129 Å². The molecule has 0 aromatic carbocycles. The second-order valence-electron chi connectivity index (χ2n) is 5.28. The molecule has 5 nitrogen and oxygen atoms in total. The van der Waals surface area contributed by atoms with Crippen LogP contribution in [0.25, 0.3) is 0 Å². The fourth-order valence-corrected chi connectivity index (χ4v) is 2.43. The third-order valence-electron chi connectivity index (χ3n) is 3.67. The van der Waals surface area contributed by atoms with E-state index in [0.29, 0.717) is 18.6 Å². The van der Waals surface area contributed by atoms with Gasteiger partial charge in [0.1, 0.15) is 5.82 Å². The number of nitrogens with one attached hydrogen (secondary N) is 1. The number of hydrogen-bond acceptors (Lipinski definition) is 5. The van der Waals surface area contributed by atoms with E-state index < -0.39 is 0 Å². The van der Waals surface area contributed by atoms with Crippen LogP contribution in [0, 0.1) is 6.92 Å². The van der Waals surface area contributed by atoms with Crippen LogP contribution in [0.5, 0.6) is 0 Å². The van der Waals surface area contributed by atoms with Gasteiger partial charge in [0.05, 0.1) is 6.61 Å². The highest BCUT2D eigenvalue weighted by Gasteiger charge is 2.19. The summed E-state index contributed by atoms with van der Waals surface area (Å²) in [6, 6.07) is 0.479. The number of aryl methyl sites for hydroxylation is 1. The van der Waals surface area contributed by atoms with Crippen molar-refractivity contribution in [3.63, 3.8) is 0 Å². The van der Waals surface area contributed by atoms with E-state index in [2.05, 4.69) is 42.9 Å². The number of ether oxygens (including phenoxy) is 1. The molecule has 120 valence electrons. The topological polar surface area (TPSA) is 50.3 Å². The molecule has 0 unspecified atom stereocenters. The molecule has 0 radical (unpaired) electrons. The van der Waals surface area contributed by atoms with Crippen LogP contribution in [0.4, 0.5) is 11.8 Å². The lowest BCUT2D eigenvalue weighted by Gasteiger charge is -2.32. The van der Waals surface area contributed by atoms with E-state index in [-0.39, 0.29) is 0 Å². The Morgan fingerprint density at radius 2 is 2.00 bits per heavy atom. The molecule has 1 heterocycles. The van der Waals surface area contributed by atoms with Gasteiger partial charge < -0.3 is 15.0 Å². The first kappa shape index (κ1) is 17.7. The van der Waals surface area contributed by atoms with Crippen LogP contribution in [0.2, 0.25) is 0 Å². The smallest absolute Gasteiger partial charge is 0.224 e. The number of anilines is 2. The number of rotatable bonds is 10. The molecular weight excluding hydrogens is 264 g/mol. The fourth-order valence-electron chi connectivity index (χ4n) is 2.43. The molecule has 0 aliphatic heterocycles. The van der Waals surface area contributed by atoms with Gasteiger partial charge in [-0.2, -0.15) is 4.98 Å². The molecule has 21 heavy (non-hydrogen) atoms. The van der Waals surface area contributed by atoms with Crippen LogP contribution >= 0.6 is 0 Å². The van der Waals surface area contributed by atoms with Gasteiger partial charge in [0.15, 0.2) is 0 Å². The predicted molar refractivity (Wildman–Crippen MR) is 89.1 cm³/mol. The Balaban J connectivity index is 3.03. The molecule has 1 aromatic heterocycles. The van der Waals surface area contributed by atoms with Gasteiger partial charge in [-0.3, -0.25) is 0 Å². The number of nitrogens with zero attached hydrogens (tertiary/aromatic N) is 3. The van der Waals surface area contributed by atoms with E-state index >= 15 is 0 Å². The quantitative estimate of drug-likeness (QED) is 0.718. The largest absolute Gasteiger partial charge is 0.383 e. The highest BCUT2D eigenvalue weighted by molar-refractivity contribution is 5.49. The van der Waals surface area contributed by atoms with E-state index in [1.54, 1.807) is 7.11 Å². The summed E-state index contributed by atoms with van der Waals surface area (Å²) in [4.78, 5) is 11.5. The van der Waals surface area contributed by atoms with Gasteiger partial charge in [0, 0.05) is 38.0 Å². The molecule has 1 N–H and O–H groups in total. The van der Waals surface area contributed by atoms with Crippen molar-refractivity contribution in [2.24, 2.45) is 0 Å². The minimum absolute atomic E-state index is 0.479. The lowest BCUT2D eigenvalue weighted by Crippen LogP contribution is -2.38. The Bertz CT molecular complexity index is 407. The molecule has 0 saturated heterocycles. The van der Waals surface area contributed by atoms with E-state index in [1.807, 2.05) is 6.20 Å². The summed E-state index contributed by atoms with van der Waals surface area (Å²) in [6.07, 6.45) is 5.16. The second-order valence-corrected chi connectivity index (χ2v) is 5.28. The number of hydrogen-bond donors (Lipinski definition) is 1. The maximum Gasteiger partial charge on any atom is 0.224 e. The lowest BCUT2D eigenvalue weighted by atomic mass is 10.1. The molecule has 0 aliphatic carbocycles. The van der Waals surface area contributed by atoms with Crippen molar-refractivity contribution in [2.75, 3.05) is 37.0 Å². The Morgan fingerprint density at radius 1 is 1.29 bits per heavy atom. The summed E-state index contributed by atoms with van der Waals surface area (Å²) in [5.74, 6) is 1.74. The predicted octanol–water partition coefficient (Wildman–Crippen LogP) is 3.25. The normalized spacial score (nSPS) is 11.0. The molecule has 0 atom stereocenters.